The standard InChI is InChI=1S/C22H24N2O5S3/c1-28-20-7-6-17(14-21(20)32(26,27)24-8-10-29-11-9-24)22(25)23(15-18-4-2-12-30-18)16-19-5-3-13-31-19/h2-7,12-14H,8-11,15-16H2,1H3. The Bertz CT molecular complexity index is 1100. The van der Waals surface area contributed by atoms with Crippen LogP contribution in [0.1, 0.15) is 20.1 Å². The highest BCUT2D eigenvalue weighted by Crippen LogP contribution is 2.29. The molecule has 1 aromatic carbocycles. The molecule has 1 aliphatic heterocycles. The summed E-state index contributed by atoms with van der Waals surface area (Å²) in [5.41, 5.74) is 0.311. The maximum atomic E-state index is 13.5. The van der Waals surface area contributed by atoms with Gasteiger partial charge in [0, 0.05) is 28.4 Å². The van der Waals surface area contributed by atoms with Gasteiger partial charge in [0.05, 0.1) is 33.4 Å². The van der Waals surface area contributed by atoms with Crippen molar-refractivity contribution < 1.29 is 22.7 Å². The van der Waals surface area contributed by atoms with Crippen molar-refractivity contribution in [3.05, 3.63) is 68.5 Å². The molecule has 1 aliphatic rings. The van der Waals surface area contributed by atoms with Gasteiger partial charge in [-0.15, -0.1) is 22.7 Å². The molecule has 0 spiro atoms. The van der Waals surface area contributed by atoms with Crippen LogP contribution in [-0.4, -0.2) is 56.9 Å². The molecule has 170 valence electrons. The van der Waals surface area contributed by atoms with Crippen molar-refractivity contribution >= 4 is 38.6 Å². The third-order valence-electron chi connectivity index (χ3n) is 5.14. The molecule has 1 fully saturated rings. The second-order valence-electron chi connectivity index (χ2n) is 7.20. The fourth-order valence-corrected chi connectivity index (χ4v) is 6.53. The van der Waals surface area contributed by atoms with Crippen LogP contribution in [0.2, 0.25) is 0 Å². The number of morpholine rings is 1. The third-order valence-corrected chi connectivity index (χ3v) is 8.78. The lowest BCUT2D eigenvalue weighted by molar-refractivity contribution is 0.0726. The number of nitrogens with zero attached hydrogens (tertiary/aromatic N) is 2. The van der Waals surface area contributed by atoms with Crippen LogP contribution >= 0.6 is 22.7 Å². The predicted octanol–water partition coefficient (Wildman–Crippen LogP) is 3.68. The molecule has 0 unspecified atom stereocenters. The molecule has 1 amide bonds. The molecule has 0 atom stereocenters. The summed E-state index contributed by atoms with van der Waals surface area (Å²) in [5.74, 6) is -0.0102. The number of hydrogen-bond donors (Lipinski definition) is 0. The second kappa shape index (κ2) is 10.1. The van der Waals surface area contributed by atoms with Gasteiger partial charge >= 0.3 is 0 Å². The van der Waals surface area contributed by atoms with E-state index < -0.39 is 10.0 Å². The molecule has 4 rings (SSSR count). The smallest absolute Gasteiger partial charge is 0.254 e. The molecule has 10 heteroatoms. The minimum atomic E-state index is -3.82. The summed E-state index contributed by atoms with van der Waals surface area (Å²) in [6.07, 6.45) is 0. The van der Waals surface area contributed by atoms with Crippen LogP contribution in [0.25, 0.3) is 0 Å². The van der Waals surface area contributed by atoms with Gasteiger partial charge in [-0.1, -0.05) is 12.1 Å². The van der Waals surface area contributed by atoms with E-state index in [0.717, 1.165) is 9.75 Å². The molecule has 7 nitrogen and oxygen atoms in total. The molecular weight excluding hydrogens is 468 g/mol. The van der Waals surface area contributed by atoms with Crippen LogP contribution in [0.5, 0.6) is 5.75 Å². The van der Waals surface area contributed by atoms with E-state index in [1.165, 1.54) is 17.5 Å². The van der Waals surface area contributed by atoms with E-state index in [1.807, 2.05) is 35.0 Å². The molecule has 32 heavy (non-hydrogen) atoms. The second-order valence-corrected chi connectivity index (χ2v) is 11.2. The zero-order chi connectivity index (χ0) is 22.6. The normalized spacial score (nSPS) is 14.9. The van der Waals surface area contributed by atoms with E-state index in [9.17, 15) is 13.2 Å². The number of ether oxygens (including phenoxy) is 2. The van der Waals surface area contributed by atoms with Gasteiger partial charge in [0.15, 0.2) is 0 Å². The zero-order valence-corrected chi connectivity index (χ0v) is 20.0. The molecule has 0 radical (unpaired) electrons. The summed E-state index contributed by atoms with van der Waals surface area (Å²) >= 11 is 3.17. The zero-order valence-electron chi connectivity index (χ0n) is 17.6. The van der Waals surface area contributed by atoms with Gasteiger partial charge in [0.1, 0.15) is 10.6 Å². The van der Waals surface area contributed by atoms with Crippen molar-refractivity contribution in [1.82, 2.24) is 9.21 Å². The molecule has 3 aromatic rings. The molecule has 3 heterocycles. The SMILES string of the molecule is COc1ccc(C(=O)N(Cc2cccs2)Cc2cccs2)cc1S(=O)(=O)N1CCOCC1. The molecule has 0 N–H and O–H groups in total. The lowest BCUT2D eigenvalue weighted by Gasteiger charge is -2.27. The fraction of sp³-hybridized carbons (Fsp3) is 0.318. The van der Waals surface area contributed by atoms with Crippen molar-refractivity contribution in [2.24, 2.45) is 0 Å². The van der Waals surface area contributed by atoms with Crippen LogP contribution in [0.3, 0.4) is 0 Å². The van der Waals surface area contributed by atoms with Crippen LogP contribution in [0, 0.1) is 0 Å². The average molecular weight is 493 g/mol. The summed E-state index contributed by atoms with van der Waals surface area (Å²) < 4.78 is 38.6. The topological polar surface area (TPSA) is 76.2 Å². The van der Waals surface area contributed by atoms with Crippen molar-refractivity contribution in [3.8, 4) is 5.75 Å². The third kappa shape index (κ3) is 5.05. The van der Waals surface area contributed by atoms with Crippen LogP contribution in [0.4, 0.5) is 0 Å². The molecule has 1 saturated heterocycles. The largest absolute Gasteiger partial charge is 0.495 e. The van der Waals surface area contributed by atoms with Gasteiger partial charge in [-0.3, -0.25) is 4.79 Å². The number of benzene rings is 1. The number of sulfonamides is 1. The molecule has 0 bridgehead atoms. The minimum Gasteiger partial charge on any atom is -0.495 e. The van der Waals surface area contributed by atoms with Gasteiger partial charge in [-0.2, -0.15) is 4.31 Å². The summed E-state index contributed by atoms with van der Waals surface area (Å²) in [6.45, 7) is 2.13. The summed E-state index contributed by atoms with van der Waals surface area (Å²) in [4.78, 5) is 17.4. The molecule has 0 aliphatic carbocycles. The van der Waals surface area contributed by atoms with E-state index >= 15 is 0 Å². The highest BCUT2D eigenvalue weighted by molar-refractivity contribution is 7.89. The Labute approximate surface area is 195 Å². The van der Waals surface area contributed by atoms with Crippen LogP contribution in [-0.2, 0) is 27.8 Å². The number of carbonyl (C=O) groups excluding carboxylic acids is 1. The number of thiophene rings is 2. The highest BCUT2D eigenvalue weighted by atomic mass is 32.2. The van der Waals surface area contributed by atoms with Gasteiger partial charge in [0.2, 0.25) is 10.0 Å². The first-order valence-corrected chi connectivity index (χ1v) is 13.3. The predicted molar refractivity (Wildman–Crippen MR) is 125 cm³/mol. The number of rotatable bonds is 8. The van der Waals surface area contributed by atoms with Crippen molar-refractivity contribution in [2.75, 3.05) is 33.4 Å². The van der Waals surface area contributed by atoms with E-state index in [0.29, 0.717) is 31.9 Å². The van der Waals surface area contributed by atoms with Crippen molar-refractivity contribution in [1.29, 1.82) is 0 Å². The summed E-state index contributed by atoms with van der Waals surface area (Å²) in [5, 5.41) is 3.95. The maximum absolute atomic E-state index is 13.5. The lowest BCUT2D eigenvalue weighted by Crippen LogP contribution is -2.40. The van der Waals surface area contributed by atoms with Crippen LogP contribution < -0.4 is 4.74 Å². The molecule has 0 saturated carbocycles. The maximum Gasteiger partial charge on any atom is 0.254 e. The Morgan fingerprint density at radius 1 is 1.06 bits per heavy atom. The van der Waals surface area contributed by atoms with Gasteiger partial charge in [-0.05, 0) is 41.1 Å². The van der Waals surface area contributed by atoms with E-state index in [1.54, 1.807) is 39.7 Å². The van der Waals surface area contributed by atoms with Gasteiger partial charge in [0.25, 0.3) is 5.91 Å². The quantitative estimate of drug-likeness (QED) is 0.480. The molecule has 2 aromatic heterocycles. The Morgan fingerprint density at radius 3 is 2.22 bits per heavy atom. The Kier molecular flexibility index (Phi) is 7.27. The van der Waals surface area contributed by atoms with E-state index in [-0.39, 0.29) is 29.6 Å². The van der Waals surface area contributed by atoms with Gasteiger partial charge in [-0.25, -0.2) is 8.42 Å². The summed E-state index contributed by atoms with van der Waals surface area (Å²) in [7, 11) is -2.40. The van der Waals surface area contributed by atoms with Crippen molar-refractivity contribution in [2.45, 2.75) is 18.0 Å². The monoisotopic (exact) mass is 492 g/mol. The van der Waals surface area contributed by atoms with Crippen molar-refractivity contribution in [3.63, 3.8) is 0 Å². The molecular formula is C22H24N2O5S3. The van der Waals surface area contributed by atoms with Crippen LogP contribution in [0.15, 0.2) is 58.1 Å². The van der Waals surface area contributed by atoms with Gasteiger partial charge < -0.3 is 14.4 Å². The highest BCUT2D eigenvalue weighted by Gasteiger charge is 2.30. The fourth-order valence-electron chi connectivity index (χ4n) is 3.50. The number of hydrogen-bond acceptors (Lipinski definition) is 7. The van der Waals surface area contributed by atoms with E-state index in [2.05, 4.69) is 0 Å². The number of carbonyl (C=O) groups is 1. The lowest BCUT2D eigenvalue weighted by atomic mass is 10.2. The average Bonchev–Trinajstić information content (AvgIpc) is 3.53. The first-order valence-electron chi connectivity index (χ1n) is 10.1. The minimum absolute atomic E-state index is 0.0000489. The first-order chi connectivity index (χ1) is 15.5. The van der Waals surface area contributed by atoms with E-state index in [4.69, 9.17) is 9.47 Å². The Hall–Kier alpha value is -2.24. The first kappa shape index (κ1) is 22.9. The summed E-state index contributed by atoms with van der Waals surface area (Å²) in [6, 6.07) is 12.5. The number of amides is 1. The number of methoxy groups -OCH3 is 1. The Morgan fingerprint density at radius 2 is 1.69 bits per heavy atom. The Balaban J connectivity index is 1.67.